The summed E-state index contributed by atoms with van der Waals surface area (Å²) >= 11 is 0. The highest BCUT2D eigenvalue weighted by atomic mass is 15.0. The van der Waals surface area contributed by atoms with E-state index in [1.165, 1.54) is 49.0 Å². The highest BCUT2D eigenvalue weighted by molar-refractivity contribution is 5.55. The van der Waals surface area contributed by atoms with Crippen molar-refractivity contribution in [2.45, 2.75) is 38.6 Å². The molecule has 2 heteroatoms. The van der Waals surface area contributed by atoms with Gasteiger partial charge in [0.25, 0.3) is 0 Å². The SMILES string of the molecule is Cc1ccc2c(c1)NCC(CNC1CCC1)C2. The minimum Gasteiger partial charge on any atom is -0.384 e. The van der Waals surface area contributed by atoms with Crippen molar-refractivity contribution < 1.29 is 0 Å². The van der Waals surface area contributed by atoms with E-state index in [4.69, 9.17) is 0 Å². The van der Waals surface area contributed by atoms with Crippen molar-refractivity contribution >= 4 is 5.69 Å². The Morgan fingerprint density at radius 3 is 3.00 bits per heavy atom. The molecule has 1 atom stereocenters. The van der Waals surface area contributed by atoms with Gasteiger partial charge in [-0.25, -0.2) is 0 Å². The Hall–Kier alpha value is -1.02. The number of fused-ring (bicyclic) bond motifs is 1. The zero-order valence-electron chi connectivity index (χ0n) is 10.6. The molecule has 0 radical (unpaired) electrons. The third-order valence-electron chi connectivity index (χ3n) is 4.16. The van der Waals surface area contributed by atoms with Crippen molar-refractivity contribution in [2.75, 3.05) is 18.4 Å². The molecule has 0 bridgehead atoms. The van der Waals surface area contributed by atoms with Crippen LogP contribution in [0, 0.1) is 12.8 Å². The van der Waals surface area contributed by atoms with Gasteiger partial charge in [0.1, 0.15) is 0 Å². The van der Waals surface area contributed by atoms with Gasteiger partial charge in [0.05, 0.1) is 0 Å². The molecule has 1 aliphatic heterocycles. The third-order valence-corrected chi connectivity index (χ3v) is 4.16. The first-order valence-electron chi connectivity index (χ1n) is 6.88. The fourth-order valence-electron chi connectivity index (χ4n) is 2.76. The molecule has 2 aliphatic rings. The lowest BCUT2D eigenvalue weighted by Gasteiger charge is -2.31. The van der Waals surface area contributed by atoms with Crippen molar-refractivity contribution in [1.82, 2.24) is 5.32 Å². The maximum Gasteiger partial charge on any atom is 0.0375 e. The molecule has 2 nitrogen and oxygen atoms in total. The molecule has 1 aromatic rings. The summed E-state index contributed by atoms with van der Waals surface area (Å²) in [6, 6.07) is 7.59. The number of hydrogen-bond donors (Lipinski definition) is 2. The largest absolute Gasteiger partial charge is 0.384 e. The second kappa shape index (κ2) is 4.69. The van der Waals surface area contributed by atoms with E-state index in [1.807, 2.05) is 0 Å². The van der Waals surface area contributed by atoms with Gasteiger partial charge in [-0.05, 0) is 49.3 Å². The van der Waals surface area contributed by atoms with Crippen LogP contribution in [0.5, 0.6) is 0 Å². The van der Waals surface area contributed by atoms with Crippen LogP contribution < -0.4 is 10.6 Å². The summed E-state index contributed by atoms with van der Waals surface area (Å²) in [4.78, 5) is 0. The average molecular weight is 230 g/mol. The Morgan fingerprint density at radius 2 is 2.24 bits per heavy atom. The van der Waals surface area contributed by atoms with Gasteiger partial charge < -0.3 is 10.6 Å². The van der Waals surface area contributed by atoms with Crippen LogP contribution in [0.2, 0.25) is 0 Å². The molecular weight excluding hydrogens is 208 g/mol. The summed E-state index contributed by atoms with van der Waals surface area (Å²) in [5, 5.41) is 7.26. The topological polar surface area (TPSA) is 24.1 Å². The summed E-state index contributed by atoms with van der Waals surface area (Å²) in [6.45, 7) is 4.45. The fraction of sp³-hybridized carbons (Fsp3) is 0.600. The number of nitrogens with one attached hydrogen (secondary N) is 2. The van der Waals surface area contributed by atoms with Gasteiger partial charge in [-0.2, -0.15) is 0 Å². The van der Waals surface area contributed by atoms with Crippen LogP contribution in [0.4, 0.5) is 5.69 Å². The van der Waals surface area contributed by atoms with Crippen LogP contribution in [0.1, 0.15) is 30.4 Å². The van der Waals surface area contributed by atoms with Gasteiger partial charge in [0.15, 0.2) is 0 Å². The molecule has 17 heavy (non-hydrogen) atoms. The Balaban J connectivity index is 1.58. The molecule has 1 aromatic carbocycles. The molecular formula is C15H22N2. The monoisotopic (exact) mass is 230 g/mol. The van der Waals surface area contributed by atoms with Crippen LogP contribution >= 0.6 is 0 Å². The zero-order chi connectivity index (χ0) is 11.7. The Kier molecular flexibility index (Phi) is 3.06. The van der Waals surface area contributed by atoms with E-state index < -0.39 is 0 Å². The number of hydrogen-bond acceptors (Lipinski definition) is 2. The van der Waals surface area contributed by atoms with E-state index in [1.54, 1.807) is 0 Å². The summed E-state index contributed by atoms with van der Waals surface area (Å²) in [5.41, 5.74) is 4.19. The molecule has 0 amide bonds. The van der Waals surface area contributed by atoms with E-state index in [2.05, 4.69) is 35.8 Å². The highest BCUT2D eigenvalue weighted by Gasteiger charge is 2.21. The predicted molar refractivity (Wildman–Crippen MR) is 72.5 cm³/mol. The zero-order valence-corrected chi connectivity index (χ0v) is 10.6. The minimum absolute atomic E-state index is 0.755. The van der Waals surface area contributed by atoms with E-state index in [0.29, 0.717) is 0 Å². The predicted octanol–water partition coefficient (Wildman–Crippen LogP) is 2.72. The van der Waals surface area contributed by atoms with E-state index in [0.717, 1.165) is 18.5 Å². The molecule has 0 spiro atoms. The second-order valence-electron chi connectivity index (χ2n) is 5.65. The second-order valence-corrected chi connectivity index (χ2v) is 5.65. The molecule has 1 fully saturated rings. The molecule has 1 aliphatic carbocycles. The van der Waals surface area contributed by atoms with Crippen LogP contribution in [0.3, 0.4) is 0 Å². The molecule has 0 saturated heterocycles. The van der Waals surface area contributed by atoms with Crippen LogP contribution in [0.25, 0.3) is 0 Å². The molecule has 1 heterocycles. The maximum absolute atomic E-state index is 3.69. The Morgan fingerprint density at radius 1 is 1.35 bits per heavy atom. The van der Waals surface area contributed by atoms with Gasteiger partial charge in [-0.3, -0.25) is 0 Å². The molecule has 2 N–H and O–H groups in total. The summed E-state index contributed by atoms with van der Waals surface area (Å²) in [6.07, 6.45) is 5.41. The quantitative estimate of drug-likeness (QED) is 0.834. The van der Waals surface area contributed by atoms with Gasteiger partial charge in [0.2, 0.25) is 0 Å². The Bertz CT molecular complexity index is 396. The number of benzene rings is 1. The fourth-order valence-corrected chi connectivity index (χ4v) is 2.76. The standard InChI is InChI=1S/C15H22N2/c1-11-5-6-13-8-12(10-17-15(13)7-11)9-16-14-3-2-4-14/h5-7,12,14,16-17H,2-4,8-10H2,1H3. The molecule has 0 aromatic heterocycles. The first-order valence-corrected chi connectivity index (χ1v) is 6.88. The van der Waals surface area contributed by atoms with Crippen LogP contribution in [-0.2, 0) is 6.42 Å². The van der Waals surface area contributed by atoms with Crippen LogP contribution in [-0.4, -0.2) is 19.1 Å². The summed E-state index contributed by atoms with van der Waals surface area (Å²) < 4.78 is 0. The minimum atomic E-state index is 0.755. The lowest BCUT2D eigenvalue weighted by Crippen LogP contribution is -2.41. The molecule has 1 saturated carbocycles. The van der Waals surface area contributed by atoms with Crippen LogP contribution in [0.15, 0.2) is 18.2 Å². The first kappa shape index (κ1) is 11.1. The van der Waals surface area contributed by atoms with Gasteiger partial charge in [0, 0.05) is 24.8 Å². The molecule has 3 rings (SSSR count). The first-order chi connectivity index (χ1) is 8.31. The normalized spacial score (nSPS) is 23.7. The molecule has 92 valence electrons. The van der Waals surface area contributed by atoms with Gasteiger partial charge in [-0.15, -0.1) is 0 Å². The van der Waals surface area contributed by atoms with E-state index in [-0.39, 0.29) is 0 Å². The van der Waals surface area contributed by atoms with Crippen molar-refractivity contribution in [2.24, 2.45) is 5.92 Å². The molecule has 1 unspecified atom stereocenters. The number of anilines is 1. The Labute approximate surface area is 104 Å². The summed E-state index contributed by atoms with van der Waals surface area (Å²) in [5.74, 6) is 0.755. The summed E-state index contributed by atoms with van der Waals surface area (Å²) in [7, 11) is 0. The smallest absolute Gasteiger partial charge is 0.0375 e. The van der Waals surface area contributed by atoms with Gasteiger partial charge in [-0.1, -0.05) is 18.6 Å². The average Bonchev–Trinajstić information content (AvgIpc) is 2.27. The van der Waals surface area contributed by atoms with Crippen molar-refractivity contribution in [3.63, 3.8) is 0 Å². The van der Waals surface area contributed by atoms with Gasteiger partial charge >= 0.3 is 0 Å². The number of rotatable bonds is 3. The number of aryl methyl sites for hydroxylation is 1. The van der Waals surface area contributed by atoms with Crippen molar-refractivity contribution in [1.29, 1.82) is 0 Å². The highest BCUT2D eigenvalue weighted by Crippen LogP contribution is 2.26. The lowest BCUT2D eigenvalue weighted by atomic mass is 9.90. The maximum atomic E-state index is 3.69. The van der Waals surface area contributed by atoms with E-state index >= 15 is 0 Å². The van der Waals surface area contributed by atoms with E-state index in [9.17, 15) is 0 Å². The third kappa shape index (κ3) is 2.47. The van der Waals surface area contributed by atoms with Crippen molar-refractivity contribution in [3.8, 4) is 0 Å². The lowest BCUT2D eigenvalue weighted by molar-refractivity contribution is 0.317. The van der Waals surface area contributed by atoms with Crippen molar-refractivity contribution in [3.05, 3.63) is 29.3 Å².